The molecule has 1 aromatic heterocycles. The Hall–Kier alpha value is -2.84. The van der Waals surface area contributed by atoms with Crippen molar-refractivity contribution in [2.24, 2.45) is 5.92 Å². The van der Waals surface area contributed by atoms with E-state index in [-0.39, 0.29) is 18.8 Å². The lowest BCUT2D eigenvalue weighted by atomic mass is 10.1. The number of anilines is 2. The third-order valence-corrected chi connectivity index (χ3v) is 3.68. The number of nitrogens with one attached hydrogen (secondary N) is 1. The standard InChI is InChI=1S/C15H12F3N3O3/c1-7-4-11(20-24-7)19-15(23)8-5-12(22)21(6-8)10-3-2-9(16)13(17)14(10)18/h2-4,8H,5-6H2,1H3,(H,19,20,23). The van der Waals surface area contributed by atoms with Gasteiger partial charge in [0.15, 0.2) is 23.3 Å². The van der Waals surface area contributed by atoms with E-state index in [0.717, 1.165) is 17.0 Å². The second-order valence-corrected chi connectivity index (χ2v) is 5.41. The Kier molecular flexibility index (Phi) is 4.00. The highest BCUT2D eigenvalue weighted by molar-refractivity contribution is 6.03. The van der Waals surface area contributed by atoms with E-state index in [1.807, 2.05) is 0 Å². The van der Waals surface area contributed by atoms with Crippen LogP contribution in [0.5, 0.6) is 0 Å². The number of hydrogen-bond donors (Lipinski definition) is 1. The minimum Gasteiger partial charge on any atom is -0.360 e. The van der Waals surface area contributed by atoms with E-state index in [4.69, 9.17) is 4.52 Å². The fraction of sp³-hybridized carbons (Fsp3) is 0.267. The van der Waals surface area contributed by atoms with Gasteiger partial charge in [-0.05, 0) is 19.1 Å². The summed E-state index contributed by atoms with van der Waals surface area (Å²) in [7, 11) is 0. The van der Waals surface area contributed by atoms with Gasteiger partial charge in [-0.25, -0.2) is 13.2 Å². The zero-order valence-corrected chi connectivity index (χ0v) is 12.5. The molecule has 0 radical (unpaired) electrons. The first-order valence-electron chi connectivity index (χ1n) is 7.05. The van der Waals surface area contributed by atoms with Crippen LogP contribution in [-0.2, 0) is 9.59 Å². The van der Waals surface area contributed by atoms with Gasteiger partial charge in [-0.3, -0.25) is 9.59 Å². The molecule has 1 saturated heterocycles. The highest BCUT2D eigenvalue weighted by Crippen LogP contribution is 2.30. The lowest BCUT2D eigenvalue weighted by molar-refractivity contribution is -0.122. The number of rotatable bonds is 3. The van der Waals surface area contributed by atoms with Crippen LogP contribution in [0.25, 0.3) is 0 Å². The fourth-order valence-corrected chi connectivity index (χ4v) is 2.49. The molecule has 6 nitrogen and oxygen atoms in total. The average molecular weight is 339 g/mol. The first kappa shape index (κ1) is 16.0. The van der Waals surface area contributed by atoms with Gasteiger partial charge in [-0.1, -0.05) is 5.16 Å². The maximum atomic E-state index is 13.8. The summed E-state index contributed by atoms with van der Waals surface area (Å²) in [5.74, 6) is -5.61. The Morgan fingerprint density at radius 2 is 2.08 bits per heavy atom. The van der Waals surface area contributed by atoms with Crippen LogP contribution in [0.3, 0.4) is 0 Å². The number of amides is 2. The molecule has 1 atom stereocenters. The maximum Gasteiger partial charge on any atom is 0.231 e. The number of carbonyl (C=O) groups excluding carboxylic acids is 2. The van der Waals surface area contributed by atoms with E-state index in [1.54, 1.807) is 6.92 Å². The Morgan fingerprint density at radius 3 is 2.75 bits per heavy atom. The predicted octanol–water partition coefficient (Wildman–Crippen LogP) is 2.39. The van der Waals surface area contributed by atoms with Crippen molar-refractivity contribution in [3.63, 3.8) is 0 Å². The van der Waals surface area contributed by atoms with Crippen molar-refractivity contribution in [3.05, 3.63) is 41.4 Å². The molecule has 1 aliphatic heterocycles. The summed E-state index contributed by atoms with van der Waals surface area (Å²) in [6.45, 7) is 1.50. The molecule has 24 heavy (non-hydrogen) atoms. The highest BCUT2D eigenvalue weighted by Gasteiger charge is 2.37. The number of aryl methyl sites for hydroxylation is 1. The largest absolute Gasteiger partial charge is 0.360 e. The van der Waals surface area contributed by atoms with Gasteiger partial charge in [0.25, 0.3) is 0 Å². The van der Waals surface area contributed by atoms with Gasteiger partial charge in [-0.2, -0.15) is 0 Å². The van der Waals surface area contributed by atoms with Crippen LogP contribution < -0.4 is 10.2 Å². The maximum absolute atomic E-state index is 13.8. The first-order valence-corrected chi connectivity index (χ1v) is 7.05. The van der Waals surface area contributed by atoms with E-state index in [0.29, 0.717) is 5.76 Å². The van der Waals surface area contributed by atoms with Crippen LogP contribution >= 0.6 is 0 Å². The molecule has 3 rings (SSSR count). The van der Waals surface area contributed by atoms with Crippen LogP contribution in [0.4, 0.5) is 24.7 Å². The van der Waals surface area contributed by atoms with Gasteiger partial charge >= 0.3 is 0 Å². The van der Waals surface area contributed by atoms with Crippen LogP contribution in [0, 0.1) is 30.3 Å². The number of aromatic nitrogens is 1. The topological polar surface area (TPSA) is 75.4 Å². The van der Waals surface area contributed by atoms with E-state index >= 15 is 0 Å². The highest BCUT2D eigenvalue weighted by atomic mass is 19.2. The number of nitrogens with zero attached hydrogens (tertiary/aromatic N) is 2. The van der Waals surface area contributed by atoms with Crippen molar-refractivity contribution >= 4 is 23.3 Å². The summed E-state index contributed by atoms with van der Waals surface area (Å²) in [5.41, 5.74) is -0.397. The normalized spacial score (nSPS) is 17.4. The fourth-order valence-electron chi connectivity index (χ4n) is 2.49. The Balaban J connectivity index is 1.76. The molecule has 126 valence electrons. The monoisotopic (exact) mass is 339 g/mol. The second-order valence-electron chi connectivity index (χ2n) is 5.41. The van der Waals surface area contributed by atoms with Crippen molar-refractivity contribution < 1.29 is 27.3 Å². The smallest absolute Gasteiger partial charge is 0.231 e. The summed E-state index contributed by atoms with van der Waals surface area (Å²) >= 11 is 0. The van der Waals surface area contributed by atoms with Crippen LogP contribution in [0.1, 0.15) is 12.2 Å². The van der Waals surface area contributed by atoms with Crippen LogP contribution in [-0.4, -0.2) is 23.5 Å². The SMILES string of the molecule is Cc1cc(NC(=O)C2CC(=O)N(c3ccc(F)c(F)c3F)C2)no1. The molecule has 1 aliphatic rings. The molecular weight excluding hydrogens is 327 g/mol. The van der Waals surface area contributed by atoms with Crippen molar-refractivity contribution in [2.75, 3.05) is 16.8 Å². The Morgan fingerprint density at radius 1 is 1.33 bits per heavy atom. The Labute approximate surface area is 134 Å². The minimum atomic E-state index is -1.66. The number of halogens is 3. The van der Waals surface area contributed by atoms with Crippen molar-refractivity contribution in [2.45, 2.75) is 13.3 Å². The molecule has 1 fully saturated rings. The van der Waals surface area contributed by atoms with Crippen molar-refractivity contribution in [1.29, 1.82) is 0 Å². The van der Waals surface area contributed by atoms with E-state index in [2.05, 4.69) is 10.5 Å². The molecule has 0 spiro atoms. The Bertz CT molecular complexity index is 822. The molecule has 0 bridgehead atoms. The predicted molar refractivity (Wildman–Crippen MR) is 76.6 cm³/mol. The molecule has 1 unspecified atom stereocenters. The van der Waals surface area contributed by atoms with Gasteiger partial charge < -0.3 is 14.7 Å². The number of benzene rings is 1. The minimum absolute atomic E-state index is 0.149. The van der Waals surface area contributed by atoms with Crippen molar-refractivity contribution in [1.82, 2.24) is 5.16 Å². The lowest BCUT2D eigenvalue weighted by Crippen LogP contribution is -2.29. The summed E-state index contributed by atoms with van der Waals surface area (Å²) in [6, 6.07) is 3.20. The van der Waals surface area contributed by atoms with Gasteiger partial charge in [0.05, 0.1) is 11.6 Å². The van der Waals surface area contributed by atoms with Gasteiger partial charge in [-0.15, -0.1) is 0 Å². The quantitative estimate of drug-likeness (QED) is 0.872. The lowest BCUT2D eigenvalue weighted by Gasteiger charge is -2.17. The molecule has 1 aromatic carbocycles. The molecule has 2 aromatic rings. The molecule has 9 heteroatoms. The zero-order valence-electron chi connectivity index (χ0n) is 12.5. The third kappa shape index (κ3) is 2.84. The number of hydrogen-bond acceptors (Lipinski definition) is 4. The summed E-state index contributed by atoms with van der Waals surface area (Å²) in [4.78, 5) is 25.1. The summed E-state index contributed by atoms with van der Waals surface area (Å²) in [6.07, 6.45) is -0.179. The van der Waals surface area contributed by atoms with E-state index < -0.39 is 40.9 Å². The second kappa shape index (κ2) is 5.99. The summed E-state index contributed by atoms with van der Waals surface area (Å²) in [5, 5.41) is 6.08. The van der Waals surface area contributed by atoms with Gasteiger partial charge in [0, 0.05) is 19.0 Å². The number of carbonyl (C=O) groups is 2. The zero-order chi connectivity index (χ0) is 17.4. The molecule has 2 heterocycles. The average Bonchev–Trinajstić information content (AvgIpc) is 3.11. The van der Waals surface area contributed by atoms with Crippen LogP contribution in [0.2, 0.25) is 0 Å². The first-order chi connectivity index (χ1) is 11.4. The molecular formula is C15H12F3N3O3. The van der Waals surface area contributed by atoms with Gasteiger partial charge in [0.1, 0.15) is 5.76 Å². The van der Waals surface area contributed by atoms with Gasteiger partial charge in [0.2, 0.25) is 11.8 Å². The third-order valence-electron chi connectivity index (χ3n) is 3.68. The van der Waals surface area contributed by atoms with Crippen molar-refractivity contribution in [3.8, 4) is 0 Å². The molecule has 0 aliphatic carbocycles. The molecule has 0 saturated carbocycles. The van der Waals surface area contributed by atoms with E-state index in [1.165, 1.54) is 6.07 Å². The van der Waals surface area contributed by atoms with Crippen LogP contribution in [0.15, 0.2) is 22.7 Å². The molecule has 2 amide bonds. The van der Waals surface area contributed by atoms with E-state index in [9.17, 15) is 22.8 Å². The summed E-state index contributed by atoms with van der Waals surface area (Å²) < 4.78 is 45.0. The molecule has 1 N–H and O–H groups in total.